The number of amides is 1. The van der Waals surface area contributed by atoms with Crippen LogP contribution in [-0.2, 0) is 9.53 Å². The normalized spacial score (nSPS) is 13.7. The molecule has 0 radical (unpaired) electrons. The van der Waals surface area contributed by atoms with Gasteiger partial charge in [0, 0.05) is 23.5 Å². The molecule has 0 atom stereocenters. The molecule has 3 N–H and O–H groups in total. The second-order valence-corrected chi connectivity index (χ2v) is 3.92. The second-order valence-electron chi connectivity index (χ2n) is 3.92. The van der Waals surface area contributed by atoms with E-state index >= 15 is 0 Å². The summed E-state index contributed by atoms with van der Waals surface area (Å²) in [5.74, 6) is -0.128. The molecule has 0 saturated heterocycles. The smallest absolute Gasteiger partial charge is 0.237 e. The van der Waals surface area contributed by atoms with Crippen LogP contribution >= 0.6 is 0 Å². The molecule has 6 heteroatoms. The van der Waals surface area contributed by atoms with E-state index < -0.39 is 5.91 Å². The Morgan fingerprint density at radius 3 is 2.95 bits per heavy atom. The van der Waals surface area contributed by atoms with Gasteiger partial charge in [-0.2, -0.15) is 0 Å². The number of rotatable bonds is 4. The molecule has 98 valence electrons. The van der Waals surface area contributed by atoms with Crippen molar-refractivity contribution in [1.29, 1.82) is 0 Å². The van der Waals surface area contributed by atoms with E-state index in [2.05, 4.69) is 0 Å². The summed E-state index contributed by atoms with van der Waals surface area (Å²) >= 11 is 0. The van der Waals surface area contributed by atoms with E-state index in [9.17, 15) is 14.7 Å². The Hall–Kier alpha value is -2.76. The topological polar surface area (TPSA) is 92.9 Å². The van der Waals surface area contributed by atoms with Crippen LogP contribution in [0.15, 0.2) is 36.9 Å². The van der Waals surface area contributed by atoms with Crippen molar-refractivity contribution < 1.29 is 19.4 Å². The van der Waals surface area contributed by atoms with Gasteiger partial charge in [-0.05, 0) is 18.2 Å². The average Bonchev–Trinajstić information content (AvgIpc) is 2.38. The van der Waals surface area contributed by atoms with Gasteiger partial charge in [0.1, 0.15) is 18.6 Å². The predicted molar refractivity (Wildman–Crippen MR) is 67.6 cm³/mol. The molecule has 0 unspecified atom stereocenters. The molecule has 0 bridgehead atoms. The van der Waals surface area contributed by atoms with Gasteiger partial charge in [0.2, 0.25) is 5.91 Å². The van der Waals surface area contributed by atoms with Crippen LogP contribution in [0.3, 0.4) is 0 Å². The van der Waals surface area contributed by atoms with Crippen LogP contribution < -0.4 is 5.73 Å². The maximum absolute atomic E-state index is 11.0. The highest BCUT2D eigenvalue weighted by Crippen LogP contribution is 2.26. The minimum absolute atomic E-state index is 0.00139. The summed E-state index contributed by atoms with van der Waals surface area (Å²) in [5.41, 5.74) is 5.92. The van der Waals surface area contributed by atoms with Crippen molar-refractivity contribution in [3.05, 3.63) is 48.0 Å². The monoisotopic (exact) mass is 260 g/mol. The highest BCUT2D eigenvalue weighted by Gasteiger charge is 2.14. The van der Waals surface area contributed by atoms with Gasteiger partial charge in [0.05, 0.1) is 0 Å². The number of carbonyl (C=O) groups excluding carboxylic acids is 2. The summed E-state index contributed by atoms with van der Waals surface area (Å²) < 4.78 is 5.29. The van der Waals surface area contributed by atoms with Crippen LogP contribution in [0.25, 0.3) is 5.76 Å². The fraction of sp³-hybridized carbons (Fsp3) is 0.0769. The molecule has 0 aromatic heterocycles. The zero-order chi connectivity index (χ0) is 13.8. The lowest BCUT2D eigenvalue weighted by molar-refractivity contribution is -0.118. The number of aldehydes is 1. The van der Waals surface area contributed by atoms with Crippen molar-refractivity contribution in [3.8, 4) is 5.75 Å². The van der Waals surface area contributed by atoms with Crippen molar-refractivity contribution in [1.82, 2.24) is 4.90 Å². The first-order valence-electron chi connectivity index (χ1n) is 5.48. The number of ether oxygens (including phenoxy) is 1. The Morgan fingerprint density at radius 1 is 1.47 bits per heavy atom. The minimum Gasteiger partial charge on any atom is -0.508 e. The van der Waals surface area contributed by atoms with E-state index in [0.717, 1.165) is 0 Å². The van der Waals surface area contributed by atoms with Crippen LogP contribution in [0.2, 0.25) is 0 Å². The number of phenolic OH excluding ortho intramolecular Hbond substituents is 1. The number of hydrogen-bond donors (Lipinski definition) is 2. The lowest BCUT2D eigenvalue weighted by Crippen LogP contribution is -2.27. The summed E-state index contributed by atoms with van der Waals surface area (Å²) in [6.45, 7) is -0.00139. The molecule has 1 aliphatic heterocycles. The van der Waals surface area contributed by atoms with Crippen LogP contribution in [0.4, 0.5) is 0 Å². The molecule has 0 aliphatic carbocycles. The summed E-state index contributed by atoms with van der Waals surface area (Å²) in [5, 5.41) is 9.47. The quantitative estimate of drug-likeness (QED) is 0.781. The molecule has 1 aliphatic rings. The SMILES string of the molecule is NC(=O)CN1C=COC(c2cc(O)ccc2C=O)=C1. The Balaban J connectivity index is 2.35. The van der Waals surface area contributed by atoms with Gasteiger partial charge < -0.3 is 20.5 Å². The minimum atomic E-state index is -0.492. The molecule has 1 aromatic carbocycles. The van der Waals surface area contributed by atoms with Crippen LogP contribution in [0, 0.1) is 0 Å². The molecule has 0 spiro atoms. The van der Waals surface area contributed by atoms with E-state index in [1.165, 1.54) is 41.8 Å². The molecule has 1 aromatic rings. The molecule has 6 nitrogen and oxygen atoms in total. The first kappa shape index (κ1) is 12.7. The van der Waals surface area contributed by atoms with Gasteiger partial charge in [-0.3, -0.25) is 9.59 Å². The zero-order valence-corrected chi connectivity index (χ0v) is 9.95. The number of benzene rings is 1. The molecule has 19 heavy (non-hydrogen) atoms. The van der Waals surface area contributed by atoms with E-state index in [4.69, 9.17) is 10.5 Å². The summed E-state index contributed by atoms with van der Waals surface area (Å²) in [6.07, 6.45) is 5.11. The Morgan fingerprint density at radius 2 is 2.26 bits per heavy atom. The number of nitrogens with zero attached hydrogens (tertiary/aromatic N) is 1. The first-order valence-corrected chi connectivity index (χ1v) is 5.48. The van der Waals surface area contributed by atoms with Gasteiger partial charge in [0.25, 0.3) is 0 Å². The third-order valence-electron chi connectivity index (χ3n) is 2.50. The molecule has 1 amide bonds. The molecule has 1 heterocycles. The second kappa shape index (κ2) is 5.26. The third-order valence-corrected chi connectivity index (χ3v) is 2.50. The van der Waals surface area contributed by atoms with Gasteiger partial charge in [-0.15, -0.1) is 0 Å². The Bertz CT molecular complexity index is 578. The predicted octanol–water partition coefficient (Wildman–Crippen LogP) is 0.792. The van der Waals surface area contributed by atoms with E-state index in [1.807, 2.05) is 0 Å². The number of hydrogen-bond acceptors (Lipinski definition) is 5. The largest absolute Gasteiger partial charge is 0.508 e. The molecule has 2 rings (SSSR count). The molecular formula is C13H12N2O4. The van der Waals surface area contributed by atoms with Crippen LogP contribution in [-0.4, -0.2) is 28.7 Å². The first-order chi connectivity index (χ1) is 9.10. The van der Waals surface area contributed by atoms with Crippen LogP contribution in [0.5, 0.6) is 5.75 Å². The van der Waals surface area contributed by atoms with Gasteiger partial charge in [-0.25, -0.2) is 0 Å². The Labute approximate surface area is 109 Å². The average molecular weight is 260 g/mol. The summed E-state index contributed by atoms with van der Waals surface area (Å²) in [6, 6.07) is 4.31. The van der Waals surface area contributed by atoms with Crippen molar-refractivity contribution in [2.24, 2.45) is 5.73 Å². The zero-order valence-electron chi connectivity index (χ0n) is 9.95. The van der Waals surface area contributed by atoms with Gasteiger partial charge in [-0.1, -0.05) is 0 Å². The molecular weight excluding hydrogens is 248 g/mol. The van der Waals surface area contributed by atoms with E-state index in [-0.39, 0.29) is 12.3 Å². The highest BCUT2D eigenvalue weighted by atomic mass is 16.5. The number of aromatic hydroxyl groups is 1. The van der Waals surface area contributed by atoms with Gasteiger partial charge in [0.15, 0.2) is 12.0 Å². The lowest BCUT2D eigenvalue weighted by atomic mass is 10.1. The maximum atomic E-state index is 11.0. The Kier molecular flexibility index (Phi) is 3.51. The number of nitrogens with two attached hydrogens (primary N) is 1. The maximum Gasteiger partial charge on any atom is 0.237 e. The number of phenols is 1. The fourth-order valence-electron chi connectivity index (χ4n) is 1.68. The van der Waals surface area contributed by atoms with Crippen molar-refractivity contribution in [2.45, 2.75) is 0 Å². The molecule has 0 fully saturated rings. The number of primary amides is 1. The van der Waals surface area contributed by atoms with Crippen LogP contribution in [0.1, 0.15) is 15.9 Å². The third kappa shape index (κ3) is 2.92. The van der Waals surface area contributed by atoms with E-state index in [1.54, 1.807) is 0 Å². The van der Waals surface area contributed by atoms with Crippen molar-refractivity contribution in [3.63, 3.8) is 0 Å². The van der Waals surface area contributed by atoms with E-state index in [0.29, 0.717) is 23.2 Å². The summed E-state index contributed by atoms with van der Waals surface area (Å²) in [4.78, 5) is 23.4. The standard InChI is InChI=1S/C13H12N2O4/c14-13(18)7-15-3-4-19-12(6-15)11-5-10(17)2-1-9(11)8-16/h1-6,8,17H,7H2,(H2,14,18). The highest BCUT2D eigenvalue weighted by molar-refractivity contribution is 5.85. The number of carbonyl (C=O) groups is 2. The van der Waals surface area contributed by atoms with Crippen molar-refractivity contribution >= 4 is 18.0 Å². The van der Waals surface area contributed by atoms with Crippen molar-refractivity contribution in [2.75, 3.05) is 6.54 Å². The molecule has 0 saturated carbocycles. The van der Waals surface area contributed by atoms with Gasteiger partial charge >= 0.3 is 0 Å². The summed E-state index contributed by atoms with van der Waals surface area (Å²) in [7, 11) is 0. The fourth-order valence-corrected chi connectivity index (χ4v) is 1.68. The lowest BCUT2D eigenvalue weighted by Gasteiger charge is -2.20.